The molecular formula is C20H26N2O3S. The van der Waals surface area contributed by atoms with E-state index in [0.717, 1.165) is 24.2 Å². The Labute approximate surface area is 156 Å². The molecule has 1 unspecified atom stereocenters. The molecule has 2 aromatic rings. The third-order valence-corrected chi connectivity index (χ3v) is 6.38. The molecule has 2 aromatic carbocycles. The molecule has 1 aliphatic rings. The lowest BCUT2D eigenvalue weighted by molar-refractivity contribution is 0.0172. The van der Waals surface area contributed by atoms with Gasteiger partial charge in [-0.1, -0.05) is 48.0 Å². The molecule has 1 aliphatic heterocycles. The molecule has 0 spiro atoms. The predicted octanol–water partition coefficient (Wildman–Crippen LogP) is 2.66. The van der Waals surface area contributed by atoms with E-state index in [0.29, 0.717) is 24.7 Å². The van der Waals surface area contributed by atoms with Crippen molar-refractivity contribution in [3.8, 4) is 0 Å². The van der Waals surface area contributed by atoms with Crippen molar-refractivity contribution in [2.24, 2.45) is 0 Å². The zero-order valence-corrected chi connectivity index (χ0v) is 16.1. The highest BCUT2D eigenvalue weighted by Gasteiger charge is 2.25. The van der Waals surface area contributed by atoms with Crippen LogP contribution in [0, 0.1) is 13.8 Å². The molecule has 0 aromatic heterocycles. The van der Waals surface area contributed by atoms with Gasteiger partial charge < -0.3 is 4.74 Å². The summed E-state index contributed by atoms with van der Waals surface area (Å²) in [4.78, 5) is 2.62. The molecule has 0 amide bonds. The molecule has 1 atom stereocenters. The Kier molecular flexibility index (Phi) is 6.09. The number of aryl methyl sites for hydroxylation is 2. The molecular weight excluding hydrogens is 348 g/mol. The van der Waals surface area contributed by atoms with Gasteiger partial charge in [-0.2, -0.15) is 0 Å². The van der Waals surface area contributed by atoms with Crippen molar-refractivity contribution in [3.05, 3.63) is 65.2 Å². The van der Waals surface area contributed by atoms with E-state index in [1.165, 1.54) is 5.56 Å². The van der Waals surface area contributed by atoms with E-state index in [2.05, 4.69) is 40.8 Å². The topological polar surface area (TPSA) is 58.6 Å². The smallest absolute Gasteiger partial charge is 0.240 e. The standard InChI is InChI=1S/C20H26N2O3S/c1-16-7-9-18(10-8-16)19(22-11-13-25-14-12-22)15-21-26(23,24)20-6-4-3-5-17(20)2/h3-10,19,21H,11-15H2,1-2H3. The van der Waals surface area contributed by atoms with E-state index in [1.54, 1.807) is 12.1 Å². The fourth-order valence-electron chi connectivity index (χ4n) is 3.26. The number of hydrogen-bond donors (Lipinski definition) is 1. The number of hydrogen-bond acceptors (Lipinski definition) is 4. The molecule has 5 nitrogen and oxygen atoms in total. The van der Waals surface area contributed by atoms with Crippen LogP contribution in [0.1, 0.15) is 22.7 Å². The minimum atomic E-state index is -3.55. The maximum Gasteiger partial charge on any atom is 0.240 e. The Morgan fingerprint density at radius 2 is 1.69 bits per heavy atom. The molecule has 0 radical (unpaired) electrons. The van der Waals surface area contributed by atoms with Gasteiger partial charge in [0, 0.05) is 25.7 Å². The van der Waals surface area contributed by atoms with Crippen molar-refractivity contribution < 1.29 is 13.2 Å². The third kappa shape index (κ3) is 4.51. The van der Waals surface area contributed by atoms with Crippen LogP contribution in [-0.2, 0) is 14.8 Å². The van der Waals surface area contributed by atoms with Crippen LogP contribution in [-0.4, -0.2) is 46.2 Å². The minimum Gasteiger partial charge on any atom is -0.379 e. The van der Waals surface area contributed by atoms with Crippen molar-refractivity contribution in [2.75, 3.05) is 32.8 Å². The van der Waals surface area contributed by atoms with Crippen LogP contribution in [0.4, 0.5) is 0 Å². The summed E-state index contributed by atoms with van der Waals surface area (Å²) in [5, 5.41) is 0. The fraction of sp³-hybridized carbons (Fsp3) is 0.400. The Bertz CT molecular complexity index is 828. The number of rotatable bonds is 6. The summed E-state index contributed by atoms with van der Waals surface area (Å²) in [6.07, 6.45) is 0. The quantitative estimate of drug-likeness (QED) is 0.845. The number of sulfonamides is 1. The first-order chi connectivity index (χ1) is 12.5. The molecule has 26 heavy (non-hydrogen) atoms. The second kappa shape index (κ2) is 8.31. The summed E-state index contributed by atoms with van der Waals surface area (Å²) < 4.78 is 33.8. The van der Waals surface area contributed by atoms with Gasteiger partial charge in [0.15, 0.2) is 0 Å². The van der Waals surface area contributed by atoms with Gasteiger partial charge in [0.05, 0.1) is 18.1 Å². The van der Waals surface area contributed by atoms with Crippen LogP contribution in [0.3, 0.4) is 0 Å². The van der Waals surface area contributed by atoms with E-state index in [1.807, 2.05) is 19.1 Å². The average molecular weight is 375 g/mol. The minimum absolute atomic E-state index is 0.0155. The first-order valence-corrected chi connectivity index (χ1v) is 10.4. The summed E-state index contributed by atoms with van der Waals surface area (Å²) in [5.41, 5.74) is 3.05. The molecule has 1 N–H and O–H groups in total. The Balaban J connectivity index is 1.81. The van der Waals surface area contributed by atoms with Crippen LogP contribution in [0.5, 0.6) is 0 Å². The Hall–Kier alpha value is -1.73. The van der Waals surface area contributed by atoms with Gasteiger partial charge in [-0.3, -0.25) is 4.90 Å². The number of nitrogens with one attached hydrogen (secondary N) is 1. The second-order valence-electron chi connectivity index (χ2n) is 6.69. The van der Waals surface area contributed by atoms with Crippen LogP contribution >= 0.6 is 0 Å². The molecule has 140 valence electrons. The van der Waals surface area contributed by atoms with E-state index in [9.17, 15) is 8.42 Å². The van der Waals surface area contributed by atoms with Crippen LogP contribution in [0.25, 0.3) is 0 Å². The number of ether oxygens (including phenoxy) is 1. The normalized spacial score (nSPS) is 17.2. The summed E-state index contributed by atoms with van der Waals surface area (Å²) in [6.45, 7) is 7.14. The van der Waals surface area contributed by atoms with E-state index < -0.39 is 10.0 Å². The van der Waals surface area contributed by atoms with Crippen LogP contribution < -0.4 is 4.72 Å². The Morgan fingerprint density at radius 3 is 2.35 bits per heavy atom. The number of benzene rings is 2. The third-order valence-electron chi connectivity index (χ3n) is 4.80. The van der Waals surface area contributed by atoms with Crippen LogP contribution in [0.15, 0.2) is 53.4 Å². The first-order valence-electron chi connectivity index (χ1n) is 8.91. The summed E-state index contributed by atoms with van der Waals surface area (Å²) in [6, 6.07) is 15.3. The molecule has 1 saturated heterocycles. The summed E-state index contributed by atoms with van der Waals surface area (Å²) >= 11 is 0. The zero-order valence-electron chi connectivity index (χ0n) is 15.3. The van der Waals surface area contributed by atoms with Gasteiger partial charge in [0.25, 0.3) is 0 Å². The number of morpholine rings is 1. The molecule has 1 fully saturated rings. The SMILES string of the molecule is Cc1ccc(C(CNS(=O)(=O)c2ccccc2C)N2CCOCC2)cc1. The van der Waals surface area contributed by atoms with Gasteiger partial charge in [0.1, 0.15) is 0 Å². The lowest BCUT2D eigenvalue weighted by Gasteiger charge is -2.35. The highest BCUT2D eigenvalue weighted by atomic mass is 32.2. The second-order valence-corrected chi connectivity index (χ2v) is 8.43. The highest BCUT2D eigenvalue weighted by molar-refractivity contribution is 7.89. The van der Waals surface area contributed by atoms with Crippen molar-refractivity contribution in [3.63, 3.8) is 0 Å². The first kappa shape index (κ1) is 19.0. The van der Waals surface area contributed by atoms with Gasteiger partial charge >= 0.3 is 0 Å². The van der Waals surface area contributed by atoms with Crippen molar-refractivity contribution >= 4 is 10.0 Å². The van der Waals surface area contributed by atoms with Gasteiger partial charge in [-0.25, -0.2) is 13.1 Å². The van der Waals surface area contributed by atoms with Crippen molar-refractivity contribution in [2.45, 2.75) is 24.8 Å². The monoisotopic (exact) mass is 374 g/mol. The number of nitrogens with zero attached hydrogens (tertiary/aromatic N) is 1. The fourth-order valence-corrected chi connectivity index (χ4v) is 4.54. The molecule has 0 saturated carbocycles. The molecule has 0 bridgehead atoms. The van der Waals surface area contributed by atoms with E-state index in [4.69, 9.17) is 4.74 Å². The summed E-state index contributed by atoms with van der Waals surface area (Å²) in [5.74, 6) is 0. The van der Waals surface area contributed by atoms with Crippen molar-refractivity contribution in [1.82, 2.24) is 9.62 Å². The molecule has 6 heteroatoms. The molecule has 0 aliphatic carbocycles. The van der Waals surface area contributed by atoms with E-state index >= 15 is 0 Å². The van der Waals surface area contributed by atoms with Crippen molar-refractivity contribution in [1.29, 1.82) is 0 Å². The maximum absolute atomic E-state index is 12.8. The average Bonchev–Trinajstić information content (AvgIpc) is 2.64. The van der Waals surface area contributed by atoms with Gasteiger partial charge in [0.2, 0.25) is 10.0 Å². The Morgan fingerprint density at radius 1 is 1.04 bits per heavy atom. The summed E-state index contributed by atoms with van der Waals surface area (Å²) in [7, 11) is -3.55. The zero-order chi connectivity index (χ0) is 18.6. The largest absolute Gasteiger partial charge is 0.379 e. The maximum atomic E-state index is 12.8. The molecule has 3 rings (SSSR count). The molecule has 1 heterocycles. The highest BCUT2D eigenvalue weighted by Crippen LogP contribution is 2.23. The van der Waals surface area contributed by atoms with Gasteiger partial charge in [-0.15, -0.1) is 0 Å². The lowest BCUT2D eigenvalue weighted by Crippen LogP contribution is -2.43. The lowest BCUT2D eigenvalue weighted by atomic mass is 10.0. The predicted molar refractivity (Wildman–Crippen MR) is 103 cm³/mol. The van der Waals surface area contributed by atoms with Gasteiger partial charge in [-0.05, 0) is 31.0 Å². The van der Waals surface area contributed by atoms with Crippen LogP contribution in [0.2, 0.25) is 0 Å². The van der Waals surface area contributed by atoms with E-state index in [-0.39, 0.29) is 6.04 Å².